The normalized spacial score (nSPS) is 0. The van der Waals surface area contributed by atoms with Crippen LogP contribution < -0.4 is 29.6 Å². The molecule has 0 spiro atoms. The summed E-state index contributed by atoms with van der Waals surface area (Å²) in [5.74, 6) is 0. The maximum absolute atomic E-state index is 0. The molecule has 0 aliphatic heterocycles. The van der Waals surface area contributed by atoms with E-state index in [0.717, 1.165) is 0 Å². The smallest absolute Gasteiger partial charge is 1.00 e. The first-order valence-electron chi connectivity index (χ1n) is 0. The molecule has 0 saturated heterocycles. The van der Waals surface area contributed by atoms with Crippen LogP contribution in [-0.4, -0.2) is 16.4 Å². The van der Waals surface area contributed by atoms with Gasteiger partial charge in [0.05, 0.1) is 0 Å². The molecule has 6 N–H and O–H groups in total. The van der Waals surface area contributed by atoms with Gasteiger partial charge >= 0.3 is 29.6 Å². The molecule has 0 heterocycles. The molecular weight excluding hydrogens is 71.0 g/mol. The van der Waals surface area contributed by atoms with E-state index in [2.05, 4.69) is 0 Å². The van der Waals surface area contributed by atoms with Crippen molar-refractivity contribution in [1.82, 2.24) is 0 Å². The van der Waals surface area contributed by atoms with E-state index in [4.69, 9.17) is 0 Å². The summed E-state index contributed by atoms with van der Waals surface area (Å²) in [6.45, 7) is 0. The first kappa shape index (κ1) is 94.9. The maximum Gasteiger partial charge on any atom is 1.00 e. The van der Waals surface area contributed by atoms with Gasteiger partial charge in [-0.05, 0) is 0 Å². The van der Waals surface area contributed by atoms with Crippen LogP contribution in [0, 0.1) is 0 Å². The Kier molecular flexibility index (Phi) is 986. The second-order valence-electron chi connectivity index (χ2n) is 0. The van der Waals surface area contributed by atoms with Crippen molar-refractivity contribution < 1.29 is 47.4 Å². The molecule has 0 fully saturated rings. The molecule has 0 atom stereocenters. The van der Waals surface area contributed by atoms with Crippen molar-refractivity contribution in [2.75, 3.05) is 0 Å². The van der Waals surface area contributed by atoms with Crippen molar-refractivity contribution in [3.63, 3.8) is 0 Å². The van der Waals surface area contributed by atoms with E-state index in [-0.39, 0.29) is 47.4 Å². The Morgan fingerprint density at radius 2 is 0.750 bits per heavy atom. The van der Waals surface area contributed by atoms with Crippen LogP contribution in [0.3, 0.4) is 0 Å². The van der Waals surface area contributed by atoms with E-state index < -0.39 is 0 Å². The van der Waals surface area contributed by atoms with E-state index in [1.807, 2.05) is 0 Å². The average molecular weight is 78.0 g/mol. The molecule has 4 heteroatoms. The third-order valence-corrected chi connectivity index (χ3v) is 0. The molecule has 4 heavy (non-hydrogen) atoms. The van der Waals surface area contributed by atoms with E-state index >= 15 is 0 Å². The minimum atomic E-state index is 0. The average Bonchev–Trinajstić information content (AvgIpc) is 0. The number of hydrogen-bond donors (Lipinski definition) is 0. The zero-order valence-electron chi connectivity index (χ0n) is 3.50. The SMILES string of the molecule is O.O.O.[H-].[Na+]. The quantitative estimate of drug-likeness (QED) is 0.259. The monoisotopic (exact) mass is 78.0 g/mol. The van der Waals surface area contributed by atoms with Crippen molar-refractivity contribution in [1.29, 1.82) is 0 Å². The van der Waals surface area contributed by atoms with Gasteiger partial charge in [0.2, 0.25) is 0 Å². The maximum atomic E-state index is 0. The Labute approximate surface area is 47.7 Å². The molecule has 0 unspecified atom stereocenters. The summed E-state index contributed by atoms with van der Waals surface area (Å²) in [5, 5.41) is 0. The predicted molar refractivity (Wildman–Crippen MR) is 12.0 cm³/mol. The topological polar surface area (TPSA) is 94.5 Å². The van der Waals surface area contributed by atoms with Gasteiger partial charge in [0.1, 0.15) is 0 Å². The summed E-state index contributed by atoms with van der Waals surface area (Å²) < 4.78 is 0. The van der Waals surface area contributed by atoms with E-state index in [9.17, 15) is 0 Å². The minimum Gasteiger partial charge on any atom is -1.00 e. The van der Waals surface area contributed by atoms with Crippen molar-refractivity contribution in [3.8, 4) is 0 Å². The molecule has 0 amide bonds. The van der Waals surface area contributed by atoms with Crippen LogP contribution >= 0.6 is 0 Å². The van der Waals surface area contributed by atoms with Crippen LogP contribution in [0.15, 0.2) is 0 Å². The Bertz CT molecular complexity index is 6.85. The van der Waals surface area contributed by atoms with E-state index in [0.29, 0.717) is 0 Å². The zero-order chi connectivity index (χ0) is 0. The summed E-state index contributed by atoms with van der Waals surface area (Å²) in [4.78, 5) is 0. The Hall–Kier alpha value is 0.880. The molecule has 0 saturated carbocycles. The van der Waals surface area contributed by atoms with Gasteiger partial charge in [-0.25, -0.2) is 0 Å². The Balaban J connectivity index is 0. The molecule has 0 aliphatic rings. The number of hydrogen-bond acceptors (Lipinski definition) is 0. The summed E-state index contributed by atoms with van der Waals surface area (Å²) in [7, 11) is 0. The molecular formula is H7NaO3. The molecule has 0 radical (unpaired) electrons. The van der Waals surface area contributed by atoms with Crippen LogP contribution in [0.5, 0.6) is 0 Å². The molecule has 3 nitrogen and oxygen atoms in total. The molecule has 0 aromatic heterocycles. The fourth-order valence-electron chi connectivity index (χ4n) is 0. The van der Waals surface area contributed by atoms with Gasteiger partial charge in [0, 0.05) is 0 Å². The van der Waals surface area contributed by atoms with Crippen molar-refractivity contribution in [2.24, 2.45) is 0 Å². The van der Waals surface area contributed by atoms with Gasteiger partial charge in [0.15, 0.2) is 0 Å². The molecule has 26 valence electrons. The summed E-state index contributed by atoms with van der Waals surface area (Å²) in [5.41, 5.74) is 0. The molecule has 0 bridgehead atoms. The van der Waals surface area contributed by atoms with Crippen molar-refractivity contribution >= 4 is 0 Å². The van der Waals surface area contributed by atoms with Gasteiger partial charge in [0.25, 0.3) is 0 Å². The van der Waals surface area contributed by atoms with Crippen LogP contribution in [0.2, 0.25) is 0 Å². The van der Waals surface area contributed by atoms with Crippen molar-refractivity contribution in [2.45, 2.75) is 0 Å². The van der Waals surface area contributed by atoms with E-state index in [1.54, 1.807) is 0 Å². The molecule has 0 aromatic carbocycles. The molecule has 0 rings (SSSR count). The summed E-state index contributed by atoms with van der Waals surface area (Å²) in [6.07, 6.45) is 0. The van der Waals surface area contributed by atoms with Crippen molar-refractivity contribution in [3.05, 3.63) is 0 Å². The molecule has 0 aliphatic carbocycles. The largest absolute Gasteiger partial charge is 1.00 e. The van der Waals surface area contributed by atoms with Gasteiger partial charge in [-0.3, -0.25) is 0 Å². The van der Waals surface area contributed by atoms with Crippen LogP contribution in [0.25, 0.3) is 0 Å². The second kappa shape index (κ2) is 41.6. The van der Waals surface area contributed by atoms with Crippen LogP contribution in [0.1, 0.15) is 1.43 Å². The minimum absolute atomic E-state index is 0. The van der Waals surface area contributed by atoms with Gasteiger partial charge in [-0.15, -0.1) is 0 Å². The second-order valence-corrected chi connectivity index (χ2v) is 0. The van der Waals surface area contributed by atoms with Gasteiger partial charge in [-0.2, -0.15) is 0 Å². The third-order valence-electron chi connectivity index (χ3n) is 0. The summed E-state index contributed by atoms with van der Waals surface area (Å²) >= 11 is 0. The third kappa shape index (κ3) is 13.1. The predicted octanol–water partition coefficient (Wildman–Crippen LogP) is -5.36. The fourth-order valence-corrected chi connectivity index (χ4v) is 0. The van der Waals surface area contributed by atoms with Crippen LogP contribution in [0.4, 0.5) is 0 Å². The first-order valence-corrected chi connectivity index (χ1v) is 0. The van der Waals surface area contributed by atoms with Crippen LogP contribution in [-0.2, 0) is 0 Å². The van der Waals surface area contributed by atoms with E-state index in [1.165, 1.54) is 0 Å². The fraction of sp³-hybridized carbons (Fsp3) is 0. The Morgan fingerprint density at radius 1 is 0.750 bits per heavy atom. The Morgan fingerprint density at radius 3 is 0.750 bits per heavy atom. The first-order chi connectivity index (χ1) is 0. The molecule has 0 aromatic rings. The summed E-state index contributed by atoms with van der Waals surface area (Å²) in [6, 6.07) is 0. The van der Waals surface area contributed by atoms with Gasteiger partial charge < -0.3 is 17.9 Å². The zero-order valence-corrected chi connectivity index (χ0v) is 4.50. The standard InChI is InChI=1S/Na.3H2O.H/h;3*1H2;/q+1;;;;-1. The number of rotatable bonds is 0. The van der Waals surface area contributed by atoms with Gasteiger partial charge in [-0.1, -0.05) is 0 Å².